The van der Waals surface area contributed by atoms with Crippen molar-refractivity contribution in [3.05, 3.63) is 70.9 Å². The molecule has 2 aliphatic rings. The Labute approximate surface area is 116 Å². The van der Waals surface area contributed by atoms with Crippen LogP contribution in [0.15, 0.2) is 70.9 Å². The molecule has 0 spiro atoms. The van der Waals surface area contributed by atoms with Gasteiger partial charge in [-0.2, -0.15) is 0 Å². The van der Waals surface area contributed by atoms with Crippen molar-refractivity contribution in [2.24, 2.45) is 5.92 Å². The van der Waals surface area contributed by atoms with Crippen LogP contribution in [0.3, 0.4) is 0 Å². The highest BCUT2D eigenvalue weighted by Crippen LogP contribution is 2.43. The molecular weight excluding hydrogens is 230 g/mol. The maximum atomic E-state index is 4.02. The smallest absolute Gasteiger partial charge is 0.0230 e. The first-order chi connectivity index (χ1) is 9.28. The van der Waals surface area contributed by atoms with E-state index in [1.54, 1.807) is 0 Å². The number of hydrogen-bond acceptors (Lipinski definition) is 1. The number of fused-ring (bicyclic) bond motifs is 1. The fraction of sp³-hybridized carbons (Fsp3) is 0.333. The minimum absolute atomic E-state index is 0.454. The monoisotopic (exact) mass is 253 g/mol. The van der Waals surface area contributed by atoms with Crippen molar-refractivity contribution in [3.63, 3.8) is 0 Å². The van der Waals surface area contributed by atoms with Crippen molar-refractivity contribution in [1.29, 1.82) is 0 Å². The van der Waals surface area contributed by atoms with Crippen LogP contribution in [0.1, 0.15) is 20.8 Å². The van der Waals surface area contributed by atoms with Gasteiger partial charge in [0.25, 0.3) is 0 Å². The van der Waals surface area contributed by atoms with Crippen LogP contribution in [0, 0.1) is 5.92 Å². The Morgan fingerprint density at radius 2 is 1.79 bits per heavy atom. The molecule has 19 heavy (non-hydrogen) atoms. The lowest BCUT2D eigenvalue weighted by Crippen LogP contribution is -2.33. The van der Waals surface area contributed by atoms with E-state index in [2.05, 4.69) is 63.0 Å². The second kappa shape index (κ2) is 6.03. The number of nitrogens with one attached hydrogen (secondary N) is 1. The molecular formula is C18H23N. The first-order valence-corrected chi connectivity index (χ1v) is 7.01. The zero-order chi connectivity index (χ0) is 13.8. The molecule has 0 radical (unpaired) electrons. The van der Waals surface area contributed by atoms with E-state index in [1.165, 1.54) is 27.9 Å². The molecule has 0 aromatic heterocycles. The summed E-state index contributed by atoms with van der Waals surface area (Å²) < 4.78 is 0. The van der Waals surface area contributed by atoms with Crippen LogP contribution in [0.2, 0.25) is 0 Å². The number of allylic oxidation sites excluding steroid dienone is 8. The van der Waals surface area contributed by atoms with Crippen LogP contribution in [-0.4, -0.2) is 13.1 Å². The molecule has 1 heteroatoms. The summed E-state index contributed by atoms with van der Waals surface area (Å²) in [6.07, 6.45) is 13.0. The summed E-state index contributed by atoms with van der Waals surface area (Å²) >= 11 is 0. The molecule has 1 unspecified atom stereocenters. The van der Waals surface area contributed by atoms with Crippen LogP contribution in [0.5, 0.6) is 0 Å². The first-order valence-electron chi connectivity index (χ1n) is 7.01. The molecule has 1 aliphatic heterocycles. The van der Waals surface area contributed by atoms with Crippen LogP contribution in [0.4, 0.5) is 0 Å². The van der Waals surface area contributed by atoms with E-state index >= 15 is 0 Å². The first kappa shape index (κ1) is 13.8. The largest absolute Gasteiger partial charge is 0.312 e. The summed E-state index contributed by atoms with van der Waals surface area (Å²) in [5.41, 5.74) is 6.96. The van der Waals surface area contributed by atoms with Crippen LogP contribution in [-0.2, 0) is 0 Å². The fourth-order valence-corrected chi connectivity index (χ4v) is 3.10. The quantitative estimate of drug-likeness (QED) is 0.798. The number of piperidine rings is 1. The van der Waals surface area contributed by atoms with Crippen molar-refractivity contribution in [2.75, 3.05) is 13.1 Å². The van der Waals surface area contributed by atoms with Crippen molar-refractivity contribution >= 4 is 0 Å². The molecule has 1 fully saturated rings. The van der Waals surface area contributed by atoms with E-state index in [0.717, 1.165) is 13.1 Å². The highest BCUT2D eigenvalue weighted by molar-refractivity contribution is 5.67. The van der Waals surface area contributed by atoms with Crippen molar-refractivity contribution in [3.8, 4) is 0 Å². The standard InChI is InChI=1S/C18H23N/c1-5-9-15-14(8-4)17-12-19-11-13(7-3)18(17)16(15)10-6-2/h5-10,17,19H,4,11-12H2,1-3H3/b9-5-,10-6-,13-7-. The third kappa shape index (κ3) is 2.31. The van der Waals surface area contributed by atoms with E-state index < -0.39 is 0 Å². The van der Waals surface area contributed by atoms with Crippen LogP contribution >= 0.6 is 0 Å². The zero-order valence-corrected chi connectivity index (χ0v) is 12.2. The van der Waals surface area contributed by atoms with Crippen LogP contribution in [0.25, 0.3) is 0 Å². The second-order valence-electron chi connectivity index (χ2n) is 4.90. The van der Waals surface area contributed by atoms with Gasteiger partial charge in [-0.25, -0.2) is 0 Å². The van der Waals surface area contributed by atoms with Gasteiger partial charge in [-0.1, -0.05) is 43.0 Å². The van der Waals surface area contributed by atoms with Gasteiger partial charge < -0.3 is 5.32 Å². The molecule has 1 heterocycles. The summed E-state index contributed by atoms with van der Waals surface area (Å²) in [7, 11) is 0. The molecule has 100 valence electrons. The molecule has 1 nitrogen and oxygen atoms in total. The van der Waals surface area contributed by atoms with Gasteiger partial charge in [-0.05, 0) is 48.6 Å². The third-order valence-corrected chi connectivity index (χ3v) is 3.86. The number of hydrogen-bond donors (Lipinski definition) is 1. The Balaban J connectivity index is 2.65. The van der Waals surface area contributed by atoms with E-state index in [0.29, 0.717) is 5.92 Å². The molecule has 0 aromatic carbocycles. The van der Waals surface area contributed by atoms with Gasteiger partial charge in [0.2, 0.25) is 0 Å². The van der Waals surface area contributed by atoms with Crippen molar-refractivity contribution < 1.29 is 0 Å². The maximum absolute atomic E-state index is 4.02. The van der Waals surface area contributed by atoms with Crippen molar-refractivity contribution in [1.82, 2.24) is 5.32 Å². The second-order valence-corrected chi connectivity index (χ2v) is 4.90. The molecule has 1 aliphatic carbocycles. The van der Waals surface area contributed by atoms with Gasteiger partial charge in [0.1, 0.15) is 0 Å². The lowest BCUT2D eigenvalue weighted by Gasteiger charge is -2.27. The third-order valence-electron chi connectivity index (χ3n) is 3.86. The summed E-state index contributed by atoms with van der Waals surface area (Å²) in [4.78, 5) is 0. The minimum Gasteiger partial charge on any atom is -0.312 e. The molecule has 0 saturated carbocycles. The molecule has 1 saturated heterocycles. The zero-order valence-electron chi connectivity index (χ0n) is 12.2. The Bertz CT molecular complexity index is 524. The molecule has 0 amide bonds. The summed E-state index contributed by atoms with van der Waals surface area (Å²) in [6.45, 7) is 12.3. The topological polar surface area (TPSA) is 12.0 Å². The normalized spacial score (nSPS) is 26.1. The maximum Gasteiger partial charge on any atom is 0.0230 e. The Kier molecular flexibility index (Phi) is 4.39. The van der Waals surface area contributed by atoms with E-state index in [4.69, 9.17) is 0 Å². The van der Waals surface area contributed by atoms with Gasteiger partial charge in [0.05, 0.1) is 0 Å². The number of rotatable bonds is 3. The molecule has 0 bridgehead atoms. The fourth-order valence-electron chi connectivity index (χ4n) is 3.10. The highest BCUT2D eigenvalue weighted by Gasteiger charge is 2.33. The van der Waals surface area contributed by atoms with Crippen molar-refractivity contribution in [2.45, 2.75) is 20.8 Å². The molecule has 0 aromatic rings. The molecule has 1 atom stereocenters. The van der Waals surface area contributed by atoms with Gasteiger partial charge in [0.15, 0.2) is 0 Å². The van der Waals surface area contributed by atoms with Gasteiger partial charge in [-0.15, -0.1) is 0 Å². The van der Waals surface area contributed by atoms with E-state index in [1.807, 2.05) is 6.08 Å². The minimum atomic E-state index is 0.454. The van der Waals surface area contributed by atoms with Gasteiger partial charge in [-0.3, -0.25) is 0 Å². The Hall–Kier alpha value is -1.60. The highest BCUT2D eigenvalue weighted by atomic mass is 14.9. The Morgan fingerprint density at radius 3 is 2.37 bits per heavy atom. The van der Waals surface area contributed by atoms with Crippen LogP contribution < -0.4 is 5.32 Å². The lowest BCUT2D eigenvalue weighted by molar-refractivity contribution is 0.587. The molecule has 1 N–H and O–H groups in total. The average Bonchev–Trinajstić information content (AvgIpc) is 2.73. The Morgan fingerprint density at radius 1 is 1.11 bits per heavy atom. The predicted octanol–water partition coefficient (Wildman–Crippen LogP) is 4.10. The summed E-state index contributed by atoms with van der Waals surface area (Å²) in [5, 5.41) is 3.51. The predicted molar refractivity (Wildman–Crippen MR) is 84.0 cm³/mol. The van der Waals surface area contributed by atoms with Gasteiger partial charge >= 0.3 is 0 Å². The molecule has 2 rings (SSSR count). The van der Waals surface area contributed by atoms with Gasteiger partial charge in [0, 0.05) is 19.0 Å². The van der Waals surface area contributed by atoms with E-state index in [9.17, 15) is 0 Å². The summed E-state index contributed by atoms with van der Waals surface area (Å²) in [6, 6.07) is 0. The average molecular weight is 253 g/mol. The lowest BCUT2D eigenvalue weighted by atomic mass is 9.86. The summed E-state index contributed by atoms with van der Waals surface area (Å²) in [5.74, 6) is 0.454. The SMILES string of the molecule is C=CC1=C(/C=C\C)C(/C=C\C)=C2C(=C\C)/CNCC12. The van der Waals surface area contributed by atoms with E-state index in [-0.39, 0.29) is 0 Å².